The average Bonchev–Trinajstić information content (AvgIpc) is 2.66. The second kappa shape index (κ2) is 7.26. The zero-order valence-electron chi connectivity index (χ0n) is 14.5. The van der Waals surface area contributed by atoms with Gasteiger partial charge in [-0.3, -0.25) is 9.78 Å². The summed E-state index contributed by atoms with van der Waals surface area (Å²) < 4.78 is 39.9. The zero-order chi connectivity index (χ0) is 20.5. The number of aliphatic carboxylic acids is 1. The minimum Gasteiger partial charge on any atom is -0.479 e. The minimum absolute atomic E-state index is 0.170. The summed E-state index contributed by atoms with van der Waals surface area (Å²) >= 11 is 0. The second-order valence-corrected chi connectivity index (χ2v) is 5.99. The number of rotatable bonds is 4. The molecule has 0 radical (unpaired) electrons. The largest absolute Gasteiger partial charge is 0.479 e. The smallest absolute Gasteiger partial charge is 0.416 e. The van der Waals surface area contributed by atoms with E-state index in [1.54, 1.807) is 24.3 Å². The van der Waals surface area contributed by atoms with Crippen molar-refractivity contribution in [3.8, 4) is 0 Å². The summed E-state index contributed by atoms with van der Waals surface area (Å²) in [7, 11) is 1.12. The maximum absolute atomic E-state index is 13.3. The maximum atomic E-state index is 13.3. The van der Waals surface area contributed by atoms with E-state index in [-0.39, 0.29) is 5.69 Å². The van der Waals surface area contributed by atoms with Crippen LogP contribution in [0.1, 0.15) is 27.7 Å². The Hall–Kier alpha value is -3.49. The number of alkyl halides is 3. The van der Waals surface area contributed by atoms with Crippen LogP contribution in [0, 0.1) is 0 Å². The first-order valence-electron chi connectivity index (χ1n) is 8.08. The Bertz CT molecular complexity index is 1050. The van der Waals surface area contributed by atoms with Crippen LogP contribution in [0.25, 0.3) is 11.0 Å². The summed E-state index contributed by atoms with van der Waals surface area (Å²) in [6.07, 6.45) is -3.60. The molecule has 0 aliphatic heterocycles. The summed E-state index contributed by atoms with van der Waals surface area (Å²) in [4.78, 5) is 33.4. The number of hydrogen-bond donors (Lipinski definition) is 1. The predicted molar refractivity (Wildman–Crippen MR) is 93.5 cm³/mol. The van der Waals surface area contributed by atoms with Gasteiger partial charge in [-0.25, -0.2) is 9.78 Å². The summed E-state index contributed by atoms with van der Waals surface area (Å²) in [5.41, 5.74) is -0.890. The van der Waals surface area contributed by atoms with E-state index in [9.17, 15) is 27.9 Å². The van der Waals surface area contributed by atoms with E-state index < -0.39 is 35.2 Å². The number of aromatic nitrogens is 2. The number of nitrogens with zero attached hydrogens (tertiary/aromatic N) is 3. The monoisotopic (exact) mass is 389 g/mol. The van der Waals surface area contributed by atoms with Gasteiger partial charge in [0.2, 0.25) is 0 Å². The Morgan fingerprint density at radius 1 is 1.04 bits per heavy atom. The molecule has 0 aliphatic rings. The van der Waals surface area contributed by atoms with E-state index >= 15 is 0 Å². The summed E-state index contributed by atoms with van der Waals surface area (Å²) in [5, 5.41) is 9.56. The number of amides is 1. The van der Waals surface area contributed by atoms with Crippen LogP contribution in [0.2, 0.25) is 0 Å². The lowest BCUT2D eigenvalue weighted by molar-refractivity contribution is -0.144. The van der Waals surface area contributed by atoms with Gasteiger partial charge in [0.15, 0.2) is 6.04 Å². The SMILES string of the molecule is CN(C(=O)c1cnc2ccccc2n1)C(C(=O)O)c1ccccc1C(F)(F)F. The Kier molecular flexibility index (Phi) is 5.00. The van der Waals surface area contributed by atoms with Crippen molar-refractivity contribution in [3.63, 3.8) is 0 Å². The number of carbonyl (C=O) groups excluding carboxylic acids is 1. The van der Waals surface area contributed by atoms with Gasteiger partial charge in [0.1, 0.15) is 5.69 Å². The van der Waals surface area contributed by atoms with E-state index in [0.717, 1.165) is 31.4 Å². The number of carboxylic acids is 1. The molecule has 1 aromatic heterocycles. The molecule has 28 heavy (non-hydrogen) atoms. The van der Waals surface area contributed by atoms with Crippen LogP contribution in [0.5, 0.6) is 0 Å². The average molecular weight is 389 g/mol. The van der Waals surface area contributed by atoms with Crippen LogP contribution in [-0.2, 0) is 11.0 Å². The predicted octanol–water partition coefficient (Wildman–Crippen LogP) is 3.55. The lowest BCUT2D eigenvalue weighted by Crippen LogP contribution is -2.37. The highest BCUT2D eigenvalue weighted by atomic mass is 19.4. The molecule has 0 spiro atoms. The van der Waals surface area contributed by atoms with Gasteiger partial charge in [-0.05, 0) is 23.8 Å². The molecule has 0 saturated heterocycles. The number of halogens is 3. The van der Waals surface area contributed by atoms with Crippen molar-refractivity contribution in [1.82, 2.24) is 14.9 Å². The number of hydrogen-bond acceptors (Lipinski definition) is 4. The van der Waals surface area contributed by atoms with Crippen LogP contribution >= 0.6 is 0 Å². The van der Waals surface area contributed by atoms with Gasteiger partial charge in [0.05, 0.1) is 22.8 Å². The topological polar surface area (TPSA) is 83.4 Å². The van der Waals surface area contributed by atoms with Crippen molar-refractivity contribution in [2.45, 2.75) is 12.2 Å². The molecule has 0 bridgehead atoms. The molecule has 144 valence electrons. The first-order valence-corrected chi connectivity index (χ1v) is 8.08. The first-order chi connectivity index (χ1) is 13.2. The fourth-order valence-corrected chi connectivity index (χ4v) is 2.86. The Morgan fingerprint density at radius 2 is 1.64 bits per heavy atom. The van der Waals surface area contributed by atoms with E-state index in [0.29, 0.717) is 15.9 Å². The van der Waals surface area contributed by atoms with Crippen molar-refractivity contribution in [2.24, 2.45) is 0 Å². The Morgan fingerprint density at radius 3 is 2.29 bits per heavy atom. The van der Waals surface area contributed by atoms with Gasteiger partial charge in [-0.1, -0.05) is 30.3 Å². The number of benzene rings is 2. The normalized spacial score (nSPS) is 12.6. The molecule has 2 aromatic carbocycles. The Balaban J connectivity index is 2.03. The van der Waals surface area contributed by atoms with Crippen LogP contribution in [-0.4, -0.2) is 38.9 Å². The summed E-state index contributed by atoms with van der Waals surface area (Å²) in [6.45, 7) is 0. The van der Waals surface area contributed by atoms with Crippen molar-refractivity contribution < 1.29 is 27.9 Å². The highest BCUT2D eigenvalue weighted by molar-refractivity contribution is 5.96. The lowest BCUT2D eigenvalue weighted by atomic mass is 9.98. The van der Waals surface area contributed by atoms with Crippen LogP contribution in [0.15, 0.2) is 54.7 Å². The minimum atomic E-state index is -4.77. The lowest BCUT2D eigenvalue weighted by Gasteiger charge is -2.27. The van der Waals surface area contributed by atoms with Gasteiger partial charge in [-0.15, -0.1) is 0 Å². The Labute approximate surface area is 157 Å². The van der Waals surface area contributed by atoms with E-state index in [2.05, 4.69) is 9.97 Å². The molecule has 0 fully saturated rings. The van der Waals surface area contributed by atoms with E-state index in [4.69, 9.17) is 0 Å². The van der Waals surface area contributed by atoms with Crippen molar-refractivity contribution in [3.05, 3.63) is 71.5 Å². The van der Waals surface area contributed by atoms with Crippen LogP contribution in [0.3, 0.4) is 0 Å². The number of carbonyl (C=O) groups is 2. The number of para-hydroxylation sites is 2. The highest BCUT2D eigenvalue weighted by Gasteiger charge is 2.39. The summed E-state index contributed by atoms with van der Waals surface area (Å²) in [5.74, 6) is -2.45. The molecule has 1 amide bonds. The molecule has 6 nitrogen and oxygen atoms in total. The fourth-order valence-electron chi connectivity index (χ4n) is 2.86. The van der Waals surface area contributed by atoms with Crippen LogP contribution < -0.4 is 0 Å². The van der Waals surface area contributed by atoms with Gasteiger partial charge < -0.3 is 10.0 Å². The molecule has 0 aliphatic carbocycles. The fraction of sp³-hybridized carbons (Fsp3) is 0.158. The molecular weight excluding hydrogens is 375 g/mol. The third-order valence-electron chi connectivity index (χ3n) is 4.17. The van der Waals surface area contributed by atoms with Gasteiger partial charge in [-0.2, -0.15) is 13.2 Å². The number of likely N-dealkylation sites (N-methyl/N-ethyl adjacent to an activating group) is 1. The molecule has 1 unspecified atom stereocenters. The molecule has 1 heterocycles. The first kappa shape index (κ1) is 19.3. The molecule has 1 atom stereocenters. The molecule has 0 saturated carbocycles. The van der Waals surface area contributed by atoms with Gasteiger partial charge in [0.25, 0.3) is 5.91 Å². The quantitative estimate of drug-likeness (QED) is 0.738. The summed E-state index contributed by atoms with van der Waals surface area (Å²) in [6, 6.07) is 9.13. The molecule has 3 rings (SSSR count). The number of carboxylic acid groups (broad SMARTS) is 1. The molecule has 1 N–H and O–H groups in total. The number of fused-ring (bicyclic) bond motifs is 1. The highest BCUT2D eigenvalue weighted by Crippen LogP contribution is 2.36. The third kappa shape index (κ3) is 3.64. The molecule has 9 heteroatoms. The van der Waals surface area contributed by atoms with Gasteiger partial charge >= 0.3 is 12.1 Å². The zero-order valence-corrected chi connectivity index (χ0v) is 14.5. The molecule has 3 aromatic rings. The van der Waals surface area contributed by atoms with Crippen molar-refractivity contribution >= 4 is 22.9 Å². The van der Waals surface area contributed by atoms with E-state index in [1.165, 1.54) is 6.07 Å². The maximum Gasteiger partial charge on any atom is 0.416 e. The van der Waals surface area contributed by atoms with Crippen molar-refractivity contribution in [1.29, 1.82) is 0 Å². The standard InChI is InChI=1S/C19H14F3N3O3/c1-25(17(26)15-10-23-13-8-4-5-9-14(13)24-15)16(18(27)28)11-6-2-3-7-12(11)19(20,21)22/h2-10,16H,1H3,(H,27,28). The molecular formula is C19H14F3N3O3. The van der Waals surface area contributed by atoms with Gasteiger partial charge in [0, 0.05) is 7.05 Å². The second-order valence-electron chi connectivity index (χ2n) is 5.99. The van der Waals surface area contributed by atoms with Crippen molar-refractivity contribution in [2.75, 3.05) is 7.05 Å². The van der Waals surface area contributed by atoms with E-state index in [1.807, 2.05) is 0 Å². The van der Waals surface area contributed by atoms with Crippen LogP contribution in [0.4, 0.5) is 13.2 Å². The third-order valence-corrected chi connectivity index (χ3v) is 4.17.